The summed E-state index contributed by atoms with van der Waals surface area (Å²) in [6.45, 7) is 0. The summed E-state index contributed by atoms with van der Waals surface area (Å²) >= 11 is 0. The predicted octanol–water partition coefficient (Wildman–Crippen LogP) is 20.5. The van der Waals surface area contributed by atoms with Crippen LogP contribution < -0.4 is 9.80 Å². The quantitative estimate of drug-likeness (QED) is 0.105. The lowest BCUT2D eigenvalue weighted by atomic mass is 9.83. The number of rotatable bonds is 9. The molecular formula is C72H48N2. The van der Waals surface area contributed by atoms with E-state index in [2.05, 4.69) is 301 Å². The van der Waals surface area contributed by atoms with Crippen LogP contribution in [0.1, 0.15) is 0 Å². The molecule has 0 saturated heterocycles. The van der Waals surface area contributed by atoms with E-state index < -0.39 is 0 Å². The molecule has 0 N–H and O–H groups in total. The van der Waals surface area contributed by atoms with Gasteiger partial charge < -0.3 is 9.80 Å². The van der Waals surface area contributed by atoms with Crippen LogP contribution in [-0.2, 0) is 0 Å². The van der Waals surface area contributed by atoms with Crippen LogP contribution in [0.3, 0.4) is 0 Å². The second-order valence-electron chi connectivity index (χ2n) is 19.2. The molecule has 0 aromatic heterocycles. The normalized spacial score (nSPS) is 11.5. The first-order chi connectivity index (χ1) is 36.7. The fourth-order valence-corrected chi connectivity index (χ4v) is 11.6. The Bertz CT molecular complexity index is 4380. The SMILES string of the molecule is c1ccc(N(c2ccccc2)c2ccc3c(-c4cccc5ccccc45)c4cc(N(c5ccccc5)c5ccc6ccccc6c5)ccc4c(-c4cccc(-c5cc6ccccc6c6ccccc56)c4)c3c2)cc1. The fraction of sp³-hybridized carbons (Fsp3) is 0. The van der Waals surface area contributed by atoms with Crippen LogP contribution in [0, 0.1) is 0 Å². The van der Waals surface area contributed by atoms with Crippen molar-refractivity contribution in [2.45, 2.75) is 0 Å². The third-order valence-corrected chi connectivity index (χ3v) is 14.9. The molecule has 0 unspecified atom stereocenters. The maximum absolute atomic E-state index is 2.45. The molecular weight excluding hydrogens is 893 g/mol. The molecule has 346 valence electrons. The van der Waals surface area contributed by atoms with Crippen LogP contribution in [-0.4, -0.2) is 0 Å². The topological polar surface area (TPSA) is 6.48 Å². The van der Waals surface area contributed by atoms with E-state index in [4.69, 9.17) is 0 Å². The molecule has 0 fully saturated rings. The van der Waals surface area contributed by atoms with Crippen molar-refractivity contribution in [3.8, 4) is 33.4 Å². The van der Waals surface area contributed by atoms with Crippen molar-refractivity contribution in [2.75, 3.05) is 9.80 Å². The molecule has 0 spiro atoms. The Hall–Kier alpha value is -9.76. The molecule has 14 rings (SSSR count). The Kier molecular flexibility index (Phi) is 10.6. The number of anilines is 6. The third kappa shape index (κ3) is 7.43. The van der Waals surface area contributed by atoms with E-state index in [0.29, 0.717) is 0 Å². The smallest absolute Gasteiger partial charge is 0.0468 e. The summed E-state index contributed by atoms with van der Waals surface area (Å²) in [7, 11) is 0. The maximum Gasteiger partial charge on any atom is 0.0468 e. The van der Waals surface area contributed by atoms with Crippen molar-refractivity contribution in [3.05, 3.63) is 291 Å². The highest BCUT2D eigenvalue weighted by Gasteiger charge is 2.24. The summed E-state index contributed by atoms with van der Waals surface area (Å²) in [5.41, 5.74) is 13.7. The van der Waals surface area contributed by atoms with Gasteiger partial charge in [0.2, 0.25) is 0 Å². The Morgan fingerprint density at radius 1 is 0.176 bits per heavy atom. The van der Waals surface area contributed by atoms with Crippen LogP contribution >= 0.6 is 0 Å². The lowest BCUT2D eigenvalue weighted by Crippen LogP contribution is -2.10. The third-order valence-electron chi connectivity index (χ3n) is 14.9. The number of nitrogens with zero attached hydrogens (tertiary/aromatic N) is 2. The zero-order valence-electron chi connectivity index (χ0n) is 40.6. The van der Waals surface area contributed by atoms with Gasteiger partial charge in [-0.3, -0.25) is 0 Å². The van der Waals surface area contributed by atoms with Gasteiger partial charge in [0, 0.05) is 34.1 Å². The Balaban J connectivity index is 1.10. The van der Waals surface area contributed by atoms with E-state index in [-0.39, 0.29) is 0 Å². The summed E-state index contributed by atoms with van der Waals surface area (Å²) in [6, 6.07) is 107. The molecule has 2 heteroatoms. The fourth-order valence-electron chi connectivity index (χ4n) is 11.6. The zero-order valence-corrected chi connectivity index (χ0v) is 40.6. The Morgan fingerprint density at radius 3 is 1.31 bits per heavy atom. The van der Waals surface area contributed by atoms with E-state index in [9.17, 15) is 0 Å². The second kappa shape index (κ2) is 18.1. The second-order valence-corrected chi connectivity index (χ2v) is 19.2. The molecule has 0 aliphatic heterocycles. The van der Waals surface area contributed by atoms with Crippen molar-refractivity contribution in [1.82, 2.24) is 0 Å². The average molecular weight is 941 g/mol. The maximum atomic E-state index is 2.45. The van der Waals surface area contributed by atoms with E-state index in [1.165, 1.54) is 92.5 Å². The number of benzene rings is 14. The van der Waals surface area contributed by atoms with Crippen LogP contribution in [0.5, 0.6) is 0 Å². The summed E-state index contributed by atoms with van der Waals surface area (Å²) in [6.07, 6.45) is 0. The van der Waals surface area contributed by atoms with Gasteiger partial charge in [0.05, 0.1) is 0 Å². The zero-order chi connectivity index (χ0) is 49.0. The summed E-state index contributed by atoms with van der Waals surface area (Å²) < 4.78 is 0. The van der Waals surface area contributed by atoms with Gasteiger partial charge in [0.1, 0.15) is 0 Å². The number of para-hydroxylation sites is 3. The highest BCUT2D eigenvalue weighted by Crippen LogP contribution is 2.50. The Labute approximate surface area is 430 Å². The molecule has 0 heterocycles. The van der Waals surface area contributed by atoms with Crippen LogP contribution in [0.25, 0.3) is 98.0 Å². The van der Waals surface area contributed by atoms with E-state index in [1.54, 1.807) is 0 Å². The first kappa shape index (κ1) is 43.1. The van der Waals surface area contributed by atoms with Gasteiger partial charge in [-0.1, -0.05) is 206 Å². The molecule has 0 aliphatic carbocycles. The first-order valence-electron chi connectivity index (χ1n) is 25.5. The molecule has 0 saturated carbocycles. The average Bonchev–Trinajstić information content (AvgIpc) is 3.51. The minimum absolute atomic E-state index is 1.08. The van der Waals surface area contributed by atoms with Crippen molar-refractivity contribution >= 4 is 98.8 Å². The summed E-state index contributed by atoms with van der Waals surface area (Å²) in [4.78, 5) is 4.79. The number of fused-ring (bicyclic) bond motifs is 7. The molecule has 74 heavy (non-hydrogen) atoms. The van der Waals surface area contributed by atoms with Gasteiger partial charge in [-0.15, -0.1) is 0 Å². The van der Waals surface area contributed by atoms with Crippen molar-refractivity contribution < 1.29 is 0 Å². The highest BCUT2D eigenvalue weighted by molar-refractivity contribution is 6.25. The van der Waals surface area contributed by atoms with Crippen LogP contribution in [0.4, 0.5) is 34.1 Å². The van der Waals surface area contributed by atoms with Crippen molar-refractivity contribution in [1.29, 1.82) is 0 Å². The molecule has 0 radical (unpaired) electrons. The number of hydrogen-bond acceptors (Lipinski definition) is 2. The van der Waals surface area contributed by atoms with Gasteiger partial charge in [-0.05, 0) is 183 Å². The monoisotopic (exact) mass is 940 g/mol. The van der Waals surface area contributed by atoms with Gasteiger partial charge in [-0.2, -0.15) is 0 Å². The van der Waals surface area contributed by atoms with Gasteiger partial charge in [0.25, 0.3) is 0 Å². The Morgan fingerprint density at radius 2 is 0.635 bits per heavy atom. The predicted molar refractivity (Wildman–Crippen MR) is 317 cm³/mol. The van der Waals surface area contributed by atoms with Crippen LogP contribution in [0.15, 0.2) is 291 Å². The standard InChI is InChI=1S/C72H48N2/c1-4-27-55(28-5-1)73(56-29-6-2-7-30-56)59-41-43-67-69(47-59)71(54-26-18-25-52(44-54)68-46-53-23-13-15-34-62(53)63-35-16-17-36-64(63)68)66-42-40-60(48-70(66)72(67)65-37-19-24-50-21-12-14-33-61(50)65)74(57-31-8-3-9-32-57)58-39-38-49-20-10-11-22-51(49)45-58/h1-48H. The molecule has 0 bridgehead atoms. The number of hydrogen-bond donors (Lipinski definition) is 0. The summed E-state index contributed by atoms with van der Waals surface area (Å²) in [5, 5.41) is 14.6. The largest absolute Gasteiger partial charge is 0.310 e. The molecule has 0 atom stereocenters. The molecule has 2 nitrogen and oxygen atoms in total. The van der Waals surface area contributed by atoms with Gasteiger partial charge >= 0.3 is 0 Å². The van der Waals surface area contributed by atoms with E-state index in [0.717, 1.165) is 39.7 Å². The molecule has 0 amide bonds. The van der Waals surface area contributed by atoms with Gasteiger partial charge in [0.15, 0.2) is 0 Å². The van der Waals surface area contributed by atoms with Crippen molar-refractivity contribution in [3.63, 3.8) is 0 Å². The van der Waals surface area contributed by atoms with E-state index in [1.807, 2.05) is 0 Å². The highest BCUT2D eigenvalue weighted by atomic mass is 15.1. The molecule has 0 aliphatic rings. The lowest BCUT2D eigenvalue weighted by molar-refractivity contribution is 1.29. The summed E-state index contributed by atoms with van der Waals surface area (Å²) in [5.74, 6) is 0. The van der Waals surface area contributed by atoms with Crippen molar-refractivity contribution in [2.24, 2.45) is 0 Å². The molecule has 14 aromatic carbocycles. The lowest BCUT2D eigenvalue weighted by Gasteiger charge is -2.28. The minimum atomic E-state index is 1.08. The molecule has 14 aromatic rings. The van der Waals surface area contributed by atoms with Crippen LogP contribution in [0.2, 0.25) is 0 Å². The first-order valence-corrected chi connectivity index (χ1v) is 25.5. The van der Waals surface area contributed by atoms with E-state index >= 15 is 0 Å². The van der Waals surface area contributed by atoms with Gasteiger partial charge in [-0.25, -0.2) is 0 Å². The minimum Gasteiger partial charge on any atom is -0.310 e.